The van der Waals surface area contributed by atoms with E-state index >= 15 is 0 Å². The van der Waals surface area contributed by atoms with Crippen molar-refractivity contribution in [2.24, 2.45) is 0 Å². The number of carbonyl (C=O) groups excluding carboxylic acids is 2. The highest BCUT2D eigenvalue weighted by molar-refractivity contribution is 6.05. The van der Waals surface area contributed by atoms with Gasteiger partial charge in [0.1, 0.15) is 18.5 Å². The second-order valence-corrected chi connectivity index (χ2v) is 8.51. The number of carboxylic acids is 1. The van der Waals surface area contributed by atoms with Crippen molar-refractivity contribution in [3.63, 3.8) is 0 Å². The number of nitrogens with one attached hydrogen (secondary N) is 1. The van der Waals surface area contributed by atoms with Crippen LogP contribution in [0.15, 0.2) is 42.5 Å². The molecule has 2 aliphatic rings. The maximum Gasteiger partial charge on any atom is 0.416 e. The smallest absolute Gasteiger partial charge is 0.416 e. The van der Waals surface area contributed by atoms with Crippen LogP contribution >= 0.6 is 0 Å². The van der Waals surface area contributed by atoms with Crippen molar-refractivity contribution in [1.29, 1.82) is 0 Å². The van der Waals surface area contributed by atoms with Gasteiger partial charge in [-0.05, 0) is 49.2 Å². The molecule has 1 fully saturated rings. The Labute approximate surface area is 198 Å². The number of anilines is 1. The Kier molecular flexibility index (Phi) is 6.70. The first-order chi connectivity index (χ1) is 16.5. The minimum Gasteiger partial charge on any atom is -0.490 e. The van der Waals surface area contributed by atoms with Gasteiger partial charge in [-0.25, -0.2) is 0 Å². The zero-order valence-corrected chi connectivity index (χ0v) is 18.7. The molecular weight excluding hydrogens is 469 g/mol. The molecule has 1 saturated heterocycles. The largest absolute Gasteiger partial charge is 0.490 e. The number of aliphatic carboxylic acids is 1. The highest BCUT2D eigenvalue weighted by atomic mass is 19.4. The number of fused-ring (bicyclic) bond motifs is 2. The van der Waals surface area contributed by atoms with Crippen LogP contribution in [0.25, 0.3) is 0 Å². The maximum atomic E-state index is 13.2. The summed E-state index contributed by atoms with van der Waals surface area (Å²) in [6.07, 6.45) is -4.67. The van der Waals surface area contributed by atoms with Crippen LogP contribution in [0.2, 0.25) is 0 Å². The van der Waals surface area contributed by atoms with Gasteiger partial charge < -0.3 is 24.8 Å². The van der Waals surface area contributed by atoms with E-state index in [1.165, 1.54) is 29.2 Å². The summed E-state index contributed by atoms with van der Waals surface area (Å²) in [7, 11) is 1.61. The molecule has 0 radical (unpaired) electrons. The predicted molar refractivity (Wildman–Crippen MR) is 117 cm³/mol. The lowest BCUT2D eigenvalue weighted by atomic mass is 9.94. The van der Waals surface area contributed by atoms with Gasteiger partial charge in [0, 0.05) is 18.3 Å². The lowest BCUT2D eigenvalue weighted by Gasteiger charge is -2.42. The number of hydrogen-bond donors (Lipinski definition) is 2. The number of ether oxygens (including phenoxy) is 2. The highest BCUT2D eigenvalue weighted by Crippen LogP contribution is 2.33. The number of likely N-dealkylation sites (N-methyl/N-ethyl adjacent to an activating group) is 1. The van der Waals surface area contributed by atoms with Crippen LogP contribution < -0.4 is 10.1 Å². The highest BCUT2D eigenvalue weighted by Gasteiger charge is 2.39. The van der Waals surface area contributed by atoms with Crippen molar-refractivity contribution in [2.45, 2.75) is 43.7 Å². The number of carbonyl (C=O) groups is 3. The molecule has 0 aliphatic carbocycles. The standard InChI is InChI=1S/C24H23F3N2O6/c1-29-18-7-6-16(11-21(30)31)35-20(18)12-34-19-8-5-15(10-17(19)23(29)33)28-22(32)13-3-2-4-14(9-13)24(25,26)27/h2-5,8-10,16,18,20H,6-7,11-12H2,1H3,(H,28,32)(H,30,31)/t16-,18-,20-/m0/s1. The van der Waals surface area contributed by atoms with Crippen molar-refractivity contribution in [3.8, 4) is 5.75 Å². The van der Waals surface area contributed by atoms with Gasteiger partial charge in [-0.1, -0.05) is 6.07 Å². The summed E-state index contributed by atoms with van der Waals surface area (Å²) < 4.78 is 50.6. The van der Waals surface area contributed by atoms with E-state index in [0.717, 1.165) is 18.2 Å². The minimum absolute atomic E-state index is 0.0986. The summed E-state index contributed by atoms with van der Waals surface area (Å²) in [5.74, 6) is -1.85. The first-order valence-electron chi connectivity index (χ1n) is 10.9. The number of carboxylic acid groups (broad SMARTS) is 1. The lowest BCUT2D eigenvalue weighted by molar-refractivity contribution is -0.148. The van der Waals surface area contributed by atoms with Crippen LogP contribution in [-0.2, 0) is 15.7 Å². The number of halogens is 3. The number of nitrogens with zero attached hydrogens (tertiary/aromatic N) is 1. The third-order valence-corrected chi connectivity index (χ3v) is 6.12. The third kappa shape index (κ3) is 5.40. The van der Waals surface area contributed by atoms with Crippen LogP contribution in [-0.4, -0.2) is 59.7 Å². The van der Waals surface area contributed by atoms with Crippen molar-refractivity contribution >= 4 is 23.5 Å². The summed E-state index contributed by atoms with van der Waals surface area (Å²) in [5.41, 5.74) is -0.719. The predicted octanol–water partition coefficient (Wildman–Crippen LogP) is 3.81. The molecule has 2 aromatic carbocycles. The number of alkyl halides is 3. The van der Waals surface area contributed by atoms with Gasteiger partial charge in [-0.3, -0.25) is 14.4 Å². The molecule has 4 rings (SSSR count). The summed E-state index contributed by atoms with van der Waals surface area (Å²) in [4.78, 5) is 38.3. The van der Waals surface area contributed by atoms with Gasteiger partial charge in [-0.2, -0.15) is 13.2 Å². The normalized spacial score (nSPS) is 22.2. The average Bonchev–Trinajstić information content (AvgIpc) is 2.81. The summed E-state index contributed by atoms with van der Waals surface area (Å²) in [6.45, 7) is 0.0986. The zero-order valence-electron chi connectivity index (χ0n) is 18.7. The van der Waals surface area contributed by atoms with E-state index in [9.17, 15) is 27.6 Å². The van der Waals surface area contributed by atoms with Crippen LogP contribution in [0.4, 0.5) is 18.9 Å². The van der Waals surface area contributed by atoms with E-state index in [4.69, 9.17) is 14.6 Å². The Morgan fingerprint density at radius 1 is 1.17 bits per heavy atom. The Balaban J connectivity index is 1.53. The lowest BCUT2D eigenvalue weighted by Crippen LogP contribution is -2.53. The van der Waals surface area contributed by atoms with Crippen molar-refractivity contribution in [3.05, 3.63) is 59.2 Å². The van der Waals surface area contributed by atoms with Crippen LogP contribution in [0.1, 0.15) is 45.5 Å². The topological polar surface area (TPSA) is 105 Å². The van der Waals surface area contributed by atoms with Gasteiger partial charge in [0.25, 0.3) is 11.8 Å². The molecule has 0 unspecified atom stereocenters. The average molecular weight is 492 g/mol. The molecule has 2 aliphatic heterocycles. The van der Waals surface area contributed by atoms with Crippen LogP contribution in [0.3, 0.4) is 0 Å². The number of hydrogen-bond acceptors (Lipinski definition) is 5. The Bertz CT molecular complexity index is 1150. The Hall–Kier alpha value is -3.60. The molecule has 3 atom stereocenters. The van der Waals surface area contributed by atoms with Crippen molar-refractivity contribution in [1.82, 2.24) is 4.90 Å². The zero-order chi connectivity index (χ0) is 25.3. The first-order valence-corrected chi connectivity index (χ1v) is 10.9. The molecule has 186 valence electrons. The molecule has 0 saturated carbocycles. The fourth-order valence-corrected chi connectivity index (χ4v) is 4.34. The van der Waals surface area contributed by atoms with Crippen LogP contribution in [0.5, 0.6) is 5.75 Å². The molecular formula is C24H23F3N2O6. The monoisotopic (exact) mass is 492 g/mol. The molecule has 0 spiro atoms. The maximum absolute atomic E-state index is 13.2. The molecule has 0 bridgehead atoms. The van der Waals surface area contributed by atoms with E-state index in [-0.39, 0.29) is 47.5 Å². The fourth-order valence-electron chi connectivity index (χ4n) is 4.34. The Morgan fingerprint density at radius 2 is 1.94 bits per heavy atom. The van der Waals surface area contributed by atoms with E-state index in [2.05, 4.69) is 5.32 Å². The van der Waals surface area contributed by atoms with Gasteiger partial charge in [0.15, 0.2) is 0 Å². The summed E-state index contributed by atoms with van der Waals surface area (Å²) in [6, 6.07) is 8.09. The summed E-state index contributed by atoms with van der Waals surface area (Å²) in [5, 5.41) is 11.6. The second-order valence-electron chi connectivity index (χ2n) is 8.51. The minimum atomic E-state index is -4.58. The molecule has 2 amide bonds. The molecule has 11 heteroatoms. The summed E-state index contributed by atoms with van der Waals surface area (Å²) >= 11 is 0. The molecule has 2 N–H and O–H groups in total. The van der Waals surface area contributed by atoms with E-state index in [0.29, 0.717) is 12.8 Å². The van der Waals surface area contributed by atoms with Gasteiger partial charge in [-0.15, -0.1) is 0 Å². The molecule has 2 heterocycles. The molecule has 35 heavy (non-hydrogen) atoms. The van der Waals surface area contributed by atoms with Gasteiger partial charge in [0.2, 0.25) is 0 Å². The van der Waals surface area contributed by atoms with Crippen molar-refractivity contribution in [2.75, 3.05) is 19.0 Å². The SMILES string of the molecule is CN1C(=O)c2cc(NC(=O)c3cccc(C(F)(F)F)c3)ccc2OC[C@@H]2O[C@H](CC(=O)O)CC[C@@H]21. The number of rotatable bonds is 4. The third-order valence-electron chi connectivity index (χ3n) is 6.12. The fraction of sp³-hybridized carbons (Fsp3) is 0.375. The van der Waals surface area contributed by atoms with E-state index < -0.39 is 35.8 Å². The number of amides is 2. The van der Waals surface area contributed by atoms with Gasteiger partial charge in [0.05, 0.1) is 29.7 Å². The molecule has 2 aromatic rings. The van der Waals surface area contributed by atoms with E-state index in [1.54, 1.807) is 7.05 Å². The quantitative estimate of drug-likeness (QED) is 0.673. The number of benzene rings is 2. The second kappa shape index (κ2) is 9.57. The van der Waals surface area contributed by atoms with E-state index in [1.807, 2.05) is 0 Å². The molecule has 8 nitrogen and oxygen atoms in total. The van der Waals surface area contributed by atoms with Gasteiger partial charge >= 0.3 is 12.1 Å². The van der Waals surface area contributed by atoms with Crippen LogP contribution in [0, 0.1) is 0 Å². The molecule has 0 aromatic heterocycles. The Morgan fingerprint density at radius 3 is 2.66 bits per heavy atom. The van der Waals surface area contributed by atoms with Crippen molar-refractivity contribution < 1.29 is 42.1 Å². The first kappa shape index (κ1) is 24.5.